The molecular formula is C18H14N4O2S. The predicted octanol–water partition coefficient (Wildman–Crippen LogP) is 2.74. The van der Waals surface area contributed by atoms with Crippen LogP contribution in [0.4, 0.5) is 11.4 Å². The number of benzene rings is 2. The summed E-state index contributed by atoms with van der Waals surface area (Å²) in [6.07, 6.45) is 0. The number of nitrogens with one attached hydrogen (secondary N) is 2. The summed E-state index contributed by atoms with van der Waals surface area (Å²) in [5.41, 5.74) is 1.66. The third-order valence-electron chi connectivity index (χ3n) is 3.11. The zero-order valence-corrected chi connectivity index (χ0v) is 14.0. The summed E-state index contributed by atoms with van der Waals surface area (Å²) in [6, 6.07) is 17.4. The number of thioether (sulfide) groups is 1. The minimum Gasteiger partial charge on any atom is -0.324 e. The fourth-order valence-corrected chi connectivity index (χ4v) is 2.61. The van der Waals surface area contributed by atoms with Gasteiger partial charge in [-0.25, -0.2) is 0 Å². The third kappa shape index (κ3) is 5.38. The van der Waals surface area contributed by atoms with Crippen molar-refractivity contribution in [1.29, 1.82) is 10.5 Å². The van der Waals surface area contributed by atoms with Gasteiger partial charge in [0.2, 0.25) is 11.8 Å². The lowest BCUT2D eigenvalue weighted by Gasteiger charge is -2.08. The van der Waals surface area contributed by atoms with Crippen LogP contribution in [0.15, 0.2) is 48.5 Å². The number of carbonyl (C=O) groups is 2. The molecule has 0 saturated carbocycles. The maximum atomic E-state index is 11.9. The van der Waals surface area contributed by atoms with Crippen LogP contribution in [0.5, 0.6) is 0 Å². The molecule has 6 nitrogen and oxygen atoms in total. The molecule has 25 heavy (non-hydrogen) atoms. The van der Waals surface area contributed by atoms with Gasteiger partial charge in [0.15, 0.2) is 0 Å². The first kappa shape index (κ1) is 18.1. The van der Waals surface area contributed by atoms with Crippen LogP contribution in [0.1, 0.15) is 11.1 Å². The van der Waals surface area contributed by atoms with E-state index in [1.54, 1.807) is 48.5 Å². The first-order valence-electron chi connectivity index (χ1n) is 7.29. The van der Waals surface area contributed by atoms with E-state index in [4.69, 9.17) is 10.5 Å². The van der Waals surface area contributed by atoms with Crippen LogP contribution >= 0.6 is 11.8 Å². The molecule has 0 aliphatic carbocycles. The van der Waals surface area contributed by atoms with Crippen molar-refractivity contribution in [3.63, 3.8) is 0 Å². The van der Waals surface area contributed by atoms with E-state index in [9.17, 15) is 9.59 Å². The standard InChI is InChI=1S/C18H14N4O2S/c19-9-13-5-1-3-7-15(13)21-17(23)11-25-12-18(24)22-16-8-4-2-6-14(16)10-20/h1-8H,11-12H2,(H,21,23)(H,22,24). The van der Waals surface area contributed by atoms with E-state index in [2.05, 4.69) is 10.6 Å². The normalized spacial score (nSPS) is 9.52. The minimum absolute atomic E-state index is 0.0765. The van der Waals surface area contributed by atoms with Crippen molar-refractivity contribution in [3.05, 3.63) is 59.7 Å². The Morgan fingerprint density at radius 3 is 1.60 bits per heavy atom. The highest BCUT2D eigenvalue weighted by atomic mass is 32.2. The van der Waals surface area contributed by atoms with Crippen molar-refractivity contribution < 1.29 is 9.59 Å². The molecule has 0 heterocycles. The van der Waals surface area contributed by atoms with Gasteiger partial charge in [-0.3, -0.25) is 9.59 Å². The molecule has 0 aliphatic heterocycles. The van der Waals surface area contributed by atoms with E-state index in [0.717, 1.165) is 11.8 Å². The van der Waals surface area contributed by atoms with Crippen LogP contribution in [0, 0.1) is 22.7 Å². The lowest BCUT2D eigenvalue weighted by molar-refractivity contribution is -0.114. The number of hydrogen-bond donors (Lipinski definition) is 2. The lowest BCUT2D eigenvalue weighted by atomic mass is 10.2. The van der Waals surface area contributed by atoms with Gasteiger partial charge in [0, 0.05) is 0 Å². The highest BCUT2D eigenvalue weighted by Crippen LogP contribution is 2.15. The molecule has 124 valence electrons. The number of nitriles is 2. The topological polar surface area (TPSA) is 106 Å². The molecule has 0 atom stereocenters. The van der Waals surface area contributed by atoms with Crippen molar-refractivity contribution in [1.82, 2.24) is 0 Å². The maximum absolute atomic E-state index is 11.9. The van der Waals surface area contributed by atoms with Gasteiger partial charge >= 0.3 is 0 Å². The largest absolute Gasteiger partial charge is 0.324 e. The molecule has 0 aliphatic rings. The first-order chi connectivity index (χ1) is 12.1. The average molecular weight is 350 g/mol. The highest BCUT2D eigenvalue weighted by Gasteiger charge is 2.09. The Hall–Kier alpha value is -3.29. The summed E-state index contributed by atoms with van der Waals surface area (Å²) in [6.45, 7) is 0. The summed E-state index contributed by atoms with van der Waals surface area (Å²) in [5.74, 6) is -0.434. The summed E-state index contributed by atoms with van der Waals surface area (Å²) >= 11 is 1.14. The highest BCUT2D eigenvalue weighted by molar-refractivity contribution is 8.00. The molecule has 0 bridgehead atoms. The van der Waals surface area contributed by atoms with Crippen LogP contribution in [-0.2, 0) is 9.59 Å². The fraction of sp³-hybridized carbons (Fsp3) is 0.111. The average Bonchev–Trinajstić information content (AvgIpc) is 2.62. The molecule has 0 aromatic heterocycles. The number of para-hydroxylation sites is 2. The molecule has 0 spiro atoms. The molecule has 2 rings (SSSR count). The van der Waals surface area contributed by atoms with Crippen molar-refractivity contribution in [2.75, 3.05) is 22.1 Å². The zero-order valence-electron chi connectivity index (χ0n) is 13.2. The van der Waals surface area contributed by atoms with E-state index in [-0.39, 0.29) is 23.3 Å². The van der Waals surface area contributed by atoms with Gasteiger partial charge in [0.25, 0.3) is 0 Å². The number of hydrogen-bond acceptors (Lipinski definition) is 5. The van der Waals surface area contributed by atoms with Gasteiger partial charge in [-0.15, -0.1) is 11.8 Å². The number of nitrogens with zero attached hydrogens (tertiary/aromatic N) is 2. The Morgan fingerprint density at radius 2 is 1.20 bits per heavy atom. The number of rotatable bonds is 6. The molecule has 2 aromatic rings. The third-order valence-corrected chi connectivity index (χ3v) is 4.04. The van der Waals surface area contributed by atoms with Crippen LogP contribution in [0.3, 0.4) is 0 Å². The van der Waals surface area contributed by atoms with Crippen molar-refractivity contribution in [2.24, 2.45) is 0 Å². The maximum Gasteiger partial charge on any atom is 0.234 e. The fourth-order valence-electron chi connectivity index (χ4n) is 1.99. The van der Waals surface area contributed by atoms with E-state index in [1.165, 1.54) is 0 Å². The monoisotopic (exact) mass is 350 g/mol. The molecule has 2 amide bonds. The smallest absolute Gasteiger partial charge is 0.234 e. The summed E-state index contributed by atoms with van der Waals surface area (Å²) < 4.78 is 0. The van der Waals surface area contributed by atoms with Gasteiger partial charge < -0.3 is 10.6 Å². The lowest BCUT2D eigenvalue weighted by Crippen LogP contribution is -2.19. The van der Waals surface area contributed by atoms with Gasteiger partial charge in [0.05, 0.1) is 34.0 Å². The Balaban J connectivity index is 1.80. The Bertz CT molecular complexity index is 796. The van der Waals surface area contributed by atoms with Gasteiger partial charge in [-0.05, 0) is 24.3 Å². The molecule has 0 unspecified atom stereocenters. The summed E-state index contributed by atoms with van der Waals surface area (Å²) in [7, 11) is 0. The second-order valence-electron chi connectivity index (χ2n) is 4.90. The second kappa shape index (κ2) is 9.11. The van der Waals surface area contributed by atoms with E-state index < -0.39 is 0 Å². The van der Waals surface area contributed by atoms with E-state index in [1.807, 2.05) is 12.1 Å². The number of carbonyl (C=O) groups excluding carboxylic acids is 2. The van der Waals surface area contributed by atoms with Gasteiger partial charge in [-0.2, -0.15) is 10.5 Å². The van der Waals surface area contributed by atoms with Crippen molar-refractivity contribution in [3.8, 4) is 12.1 Å². The molecule has 2 N–H and O–H groups in total. The van der Waals surface area contributed by atoms with Crippen molar-refractivity contribution >= 4 is 35.0 Å². The van der Waals surface area contributed by atoms with Crippen molar-refractivity contribution in [2.45, 2.75) is 0 Å². The molecule has 0 saturated heterocycles. The molecule has 0 fully saturated rings. The first-order valence-corrected chi connectivity index (χ1v) is 8.45. The number of anilines is 2. The number of amides is 2. The molecular weight excluding hydrogens is 336 g/mol. The molecule has 0 radical (unpaired) electrons. The van der Waals surface area contributed by atoms with Gasteiger partial charge in [-0.1, -0.05) is 24.3 Å². The van der Waals surface area contributed by atoms with E-state index >= 15 is 0 Å². The quantitative estimate of drug-likeness (QED) is 0.833. The van der Waals surface area contributed by atoms with Crippen LogP contribution in [0.25, 0.3) is 0 Å². The SMILES string of the molecule is N#Cc1ccccc1NC(=O)CSCC(=O)Nc1ccccc1C#N. The Kier molecular flexibility index (Phi) is 6.58. The van der Waals surface area contributed by atoms with Gasteiger partial charge in [0.1, 0.15) is 12.1 Å². The zero-order chi connectivity index (χ0) is 18.1. The summed E-state index contributed by atoms with van der Waals surface area (Å²) in [5, 5.41) is 23.3. The van der Waals surface area contributed by atoms with Crippen LogP contribution in [0.2, 0.25) is 0 Å². The van der Waals surface area contributed by atoms with Crippen LogP contribution < -0.4 is 10.6 Å². The molecule has 2 aromatic carbocycles. The Morgan fingerprint density at radius 1 is 0.800 bits per heavy atom. The summed E-state index contributed by atoms with van der Waals surface area (Å²) in [4.78, 5) is 23.8. The Labute approximate surface area is 149 Å². The molecule has 7 heteroatoms. The minimum atomic E-state index is -0.294. The van der Waals surface area contributed by atoms with Crippen LogP contribution in [-0.4, -0.2) is 23.3 Å². The predicted molar refractivity (Wildman–Crippen MR) is 96.9 cm³/mol. The second-order valence-corrected chi connectivity index (χ2v) is 5.89. The van der Waals surface area contributed by atoms with E-state index in [0.29, 0.717) is 22.5 Å².